The third-order valence-electron chi connectivity index (χ3n) is 4.25. The number of phenolic OH excluding ortho intramolecular Hbond substituents is 1. The summed E-state index contributed by atoms with van der Waals surface area (Å²) in [5.74, 6) is 0.0960. The monoisotopic (exact) mass is 256 g/mol. The summed E-state index contributed by atoms with van der Waals surface area (Å²) in [4.78, 5) is 0. The molecule has 2 heteroatoms. The first-order valence-corrected chi connectivity index (χ1v) is 6.76. The van der Waals surface area contributed by atoms with Crippen LogP contribution in [0.5, 0.6) is 5.75 Å². The maximum Gasteiger partial charge on any atom is 0.123 e. The standard InChI is InChI=1S/C17H17FO/c18-15-5-3-4-14(12-15)17(10-1-2-11-17)13-6-8-16(19)9-7-13/h3-9,12,19H,1-2,10-11H2. The molecule has 1 saturated carbocycles. The van der Waals surface area contributed by atoms with E-state index in [0.717, 1.165) is 31.2 Å². The van der Waals surface area contributed by atoms with Crippen LogP contribution in [0.1, 0.15) is 36.8 Å². The van der Waals surface area contributed by atoms with Gasteiger partial charge in [-0.2, -0.15) is 0 Å². The Morgan fingerprint density at radius 2 is 1.58 bits per heavy atom. The Morgan fingerprint density at radius 3 is 2.21 bits per heavy atom. The van der Waals surface area contributed by atoms with Gasteiger partial charge in [-0.05, 0) is 48.2 Å². The average Bonchev–Trinajstić information content (AvgIpc) is 2.90. The van der Waals surface area contributed by atoms with Crippen molar-refractivity contribution >= 4 is 0 Å². The molecule has 0 aliphatic heterocycles. The summed E-state index contributed by atoms with van der Waals surface area (Å²) in [5, 5.41) is 9.44. The van der Waals surface area contributed by atoms with E-state index in [1.54, 1.807) is 24.3 Å². The van der Waals surface area contributed by atoms with Gasteiger partial charge in [0.05, 0.1) is 0 Å². The molecule has 0 bridgehead atoms. The summed E-state index contributed by atoms with van der Waals surface area (Å²) >= 11 is 0. The van der Waals surface area contributed by atoms with Crippen molar-refractivity contribution in [2.24, 2.45) is 0 Å². The molecule has 1 fully saturated rings. The van der Waals surface area contributed by atoms with Crippen LogP contribution in [0.4, 0.5) is 4.39 Å². The molecule has 1 nitrogen and oxygen atoms in total. The minimum absolute atomic E-state index is 0.0875. The molecular formula is C17H17FO. The van der Waals surface area contributed by atoms with Crippen molar-refractivity contribution in [1.29, 1.82) is 0 Å². The minimum atomic E-state index is -0.178. The van der Waals surface area contributed by atoms with Crippen LogP contribution in [-0.4, -0.2) is 5.11 Å². The van der Waals surface area contributed by atoms with Gasteiger partial charge in [0.25, 0.3) is 0 Å². The van der Waals surface area contributed by atoms with E-state index in [2.05, 4.69) is 0 Å². The first kappa shape index (κ1) is 12.2. The second-order valence-corrected chi connectivity index (χ2v) is 5.35. The fourth-order valence-electron chi connectivity index (χ4n) is 3.29. The molecule has 0 unspecified atom stereocenters. The zero-order chi connectivity index (χ0) is 13.3. The third kappa shape index (κ3) is 2.12. The Bertz CT molecular complexity index is 568. The van der Waals surface area contributed by atoms with Crippen LogP contribution >= 0.6 is 0 Å². The molecule has 1 aliphatic rings. The summed E-state index contributed by atoms with van der Waals surface area (Å²) in [5.41, 5.74) is 2.14. The van der Waals surface area contributed by atoms with Gasteiger partial charge >= 0.3 is 0 Å². The van der Waals surface area contributed by atoms with Crippen molar-refractivity contribution in [2.75, 3.05) is 0 Å². The van der Waals surface area contributed by atoms with Crippen molar-refractivity contribution < 1.29 is 9.50 Å². The molecule has 0 saturated heterocycles. The van der Waals surface area contributed by atoms with Crippen LogP contribution in [0, 0.1) is 5.82 Å². The predicted octanol–water partition coefficient (Wildman–Crippen LogP) is 4.39. The molecule has 2 aromatic carbocycles. The van der Waals surface area contributed by atoms with Crippen molar-refractivity contribution in [3.05, 3.63) is 65.5 Å². The number of rotatable bonds is 2. The topological polar surface area (TPSA) is 20.2 Å². The van der Waals surface area contributed by atoms with Gasteiger partial charge in [-0.25, -0.2) is 4.39 Å². The summed E-state index contributed by atoms with van der Waals surface area (Å²) in [6.45, 7) is 0. The van der Waals surface area contributed by atoms with Gasteiger partial charge in [0.15, 0.2) is 0 Å². The van der Waals surface area contributed by atoms with Crippen LogP contribution in [0.25, 0.3) is 0 Å². The van der Waals surface area contributed by atoms with Crippen LogP contribution in [0.15, 0.2) is 48.5 Å². The molecule has 98 valence electrons. The number of halogens is 1. The smallest absolute Gasteiger partial charge is 0.123 e. The van der Waals surface area contributed by atoms with E-state index < -0.39 is 0 Å². The van der Waals surface area contributed by atoms with E-state index in [1.807, 2.05) is 18.2 Å². The second kappa shape index (κ2) is 4.69. The van der Waals surface area contributed by atoms with E-state index in [0.29, 0.717) is 0 Å². The van der Waals surface area contributed by atoms with Crippen molar-refractivity contribution in [3.63, 3.8) is 0 Å². The fraction of sp³-hybridized carbons (Fsp3) is 0.294. The lowest BCUT2D eigenvalue weighted by molar-refractivity contribution is 0.473. The summed E-state index contributed by atoms with van der Waals surface area (Å²) < 4.78 is 13.5. The zero-order valence-corrected chi connectivity index (χ0v) is 10.8. The molecule has 0 radical (unpaired) electrons. The van der Waals surface area contributed by atoms with E-state index in [-0.39, 0.29) is 17.0 Å². The van der Waals surface area contributed by atoms with Gasteiger partial charge in [-0.3, -0.25) is 0 Å². The Balaban J connectivity index is 2.11. The minimum Gasteiger partial charge on any atom is -0.508 e. The van der Waals surface area contributed by atoms with Crippen molar-refractivity contribution in [1.82, 2.24) is 0 Å². The quantitative estimate of drug-likeness (QED) is 0.844. The maximum atomic E-state index is 13.5. The number of benzene rings is 2. The molecule has 0 aromatic heterocycles. The molecule has 19 heavy (non-hydrogen) atoms. The lowest BCUT2D eigenvalue weighted by Gasteiger charge is -2.30. The molecule has 1 aliphatic carbocycles. The first-order valence-electron chi connectivity index (χ1n) is 6.76. The summed E-state index contributed by atoms with van der Waals surface area (Å²) in [7, 11) is 0. The zero-order valence-electron chi connectivity index (χ0n) is 10.8. The molecule has 3 rings (SSSR count). The van der Waals surface area contributed by atoms with Crippen LogP contribution in [0.3, 0.4) is 0 Å². The van der Waals surface area contributed by atoms with Gasteiger partial charge in [0, 0.05) is 5.41 Å². The second-order valence-electron chi connectivity index (χ2n) is 5.35. The molecule has 1 N–H and O–H groups in total. The van der Waals surface area contributed by atoms with E-state index in [4.69, 9.17) is 0 Å². The molecule has 0 amide bonds. The van der Waals surface area contributed by atoms with Crippen LogP contribution in [-0.2, 0) is 5.41 Å². The molecule has 0 spiro atoms. The number of phenols is 1. The highest BCUT2D eigenvalue weighted by molar-refractivity contribution is 5.42. The Kier molecular flexibility index (Phi) is 3.02. The number of aromatic hydroxyl groups is 1. The van der Waals surface area contributed by atoms with E-state index >= 15 is 0 Å². The maximum absolute atomic E-state index is 13.5. The summed E-state index contributed by atoms with van der Waals surface area (Å²) in [6.07, 6.45) is 4.41. The predicted molar refractivity (Wildman–Crippen MR) is 73.8 cm³/mol. The number of hydrogen-bond acceptors (Lipinski definition) is 1. The average molecular weight is 256 g/mol. The van der Waals surface area contributed by atoms with Gasteiger partial charge in [0.1, 0.15) is 11.6 Å². The Labute approximate surface area is 112 Å². The third-order valence-corrected chi connectivity index (χ3v) is 4.25. The number of hydrogen-bond donors (Lipinski definition) is 1. The van der Waals surface area contributed by atoms with Crippen LogP contribution in [0.2, 0.25) is 0 Å². The molecular weight excluding hydrogens is 239 g/mol. The van der Waals surface area contributed by atoms with Crippen molar-refractivity contribution in [3.8, 4) is 5.75 Å². The highest BCUT2D eigenvalue weighted by Gasteiger charge is 2.37. The Morgan fingerprint density at radius 1 is 0.895 bits per heavy atom. The first-order chi connectivity index (χ1) is 9.21. The lowest BCUT2D eigenvalue weighted by Crippen LogP contribution is -2.23. The largest absolute Gasteiger partial charge is 0.508 e. The normalized spacial score (nSPS) is 17.5. The SMILES string of the molecule is Oc1ccc(C2(c3cccc(F)c3)CCCC2)cc1. The highest BCUT2D eigenvalue weighted by Crippen LogP contribution is 2.46. The highest BCUT2D eigenvalue weighted by atomic mass is 19.1. The summed E-state index contributed by atoms with van der Waals surface area (Å²) in [6, 6.07) is 14.3. The van der Waals surface area contributed by atoms with Gasteiger partial charge in [-0.15, -0.1) is 0 Å². The van der Waals surface area contributed by atoms with Crippen molar-refractivity contribution in [2.45, 2.75) is 31.1 Å². The fourth-order valence-corrected chi connectivity index (χ4v) is 3.29. The van der Waals surface area contributed by atoms with E-state index in [1.165, 1.54) is 11.6 Å². The van der Waals surface area contributed by atoms with Gasteiger partial charge in [0.2, 0.25) is 0 Å². The van der Waals surface area contributed by atoms with Crippen LogP contribution < -0.4 is 0 Å². The molecule has 0 heterocycles. The van der Waals surface area contributed by atoms with E-state index in [9.17, 15) is 9.50 Å². The van der Waals surface area contributed by atoms with Gasteiger partial charge in [-0.1, -0.05) is 37.1 Å². The van der Waals surface area contributed by atoms with Gasteiger partial charge < -0.3 is 5.11 Å². The Hall–Kier alpha value is -1.83. The lowest BCUT2D eigenvalue weighted by atomic mass is 9.73. The molecule has 2 aromatic rings. The molecule has 0 atom stereocenters.